The average molecular weight is 473 g/mol. The summed E-state index contributed by atoms with van der Waals surface area (Å²) >= 11 is 0. The zero-order valence-corrected chi connectivity index (χ0v) is 19.5. The van der Waals surface area contributed by atoms with Crippen LogP contribution >= 0.6 is 7.37 Å². The molecule has 1 heterocycles. The fourth-order valence-corrected chi connectivity index (χ4v) is 6.22. The lowest BCUT2D eigenvalue weighted by Gasteiger charge is -2.30. The Kier molecular flexibility index (Phi) is 7.84. The van der Waals surface area contributed by atoms with Crippen molar-refractivity contribution in [1.82, 2.24) is 5.32 Å². The second kappa shape index (κ2) is 10.4. The molecule has 0 radical (unpaired) electrons. The molecule has 0 aliphatic carbocycles. The molecule has 9 heteroatoms. The van der Waals surface area contributed by atoms with Gasteiger partial charge in [0.1, 0.15) is 12.2 Å². The zero-order chi connectivity index (χ0) is 24.1. The van der Waals surface area contributed by atoms with Gasteiger partial charge in [0.25, 0.3) is 5.91 Å². The first-order valence-corrected chi connectivity index (χ1v) is 13.0. The smallest absolute Gasteiger partial charge is 0.435 e. The largest absolute Gasteiger partial charge is 0.521 e. The van der Waals surface area contributed by atoms with Gasteiger partial charge in [0.05, 0.1) is 6.54 Å². The van der Waals surface area contributed by atoms with E-state index in [1.807, 2.05) is 30.3 Å². The predicted molar refractivity (Wildman–Crippen MR) is 124 cm³/mol. The van der Waals surface area contributed by atoms with Crippen LogP contribution in [0.15, 0.2) is 60.7 Å². The predicted octanol–water partition coefficient (Wildman–Crippen LogP) is 3.50. The van der Waals surface area contributed by atoms with Crippen molar-refractivity contribution in [3.8, 4) is 0 Å². The van der Waals surface area contributed by atoms with Crippen molar-refractivity contribution < 1.29 is 33.4 Å². The fourth-order valence-electron chi connectivity index (χ4n) is 4.50. The Morgan fingerprint density at radius 1 is 1.09 bits per heavy atom. The Morgan fingerprint density at radius 3 is 2.24 bits per heavy atom. The minimum atomic E-state index is -4.09. The standard InChI is InChI=1S/C24H29N2O6P/c1-18-9-8-14-26(18,24(29)30)22(27)17-33(31,32)16-21(15-19-10-4-2-5-11-19)25-23(28)20-12-6-3-7-13-20/h2-7,10-13,18,21H,8-9,14-17H2,1H3,(H2-,25,28,29,30,31,32)/p+1/t18-,21?,26?/m1/s1. The van der Waals surface area contributed by atoms with Crippen LogP contribution in [-0.4, -0.2) is 63.3 Å². The maximum atomic E-state index is 13.2. The summed E-state index contributed by atoms with van der Waals surface area (Å²) < 4.78 is 12.3. The summed E-state index contributed by atoms with van der Waals surface area (Å²) in [6, 6.07) is 16.6. The van der Waals surface area contributed by atoms with Gasteiger partial charge in [-0.3, -0.25) is 9.36 Å². The fraction of sp³-hybridized carbons (Fsp3) is 0.375. The van der Waals surface area contributed by atoms with E-state index in [0.717, 1.165) is 5.56 Å². The van der Waals surface area contributed by atoms with E-state index in [4.69, 9.17) is 0 Å². The second-order valence-corrected chi connectivity index (χ2v) is 11.0. The molecule has 3 rings (SSSR count). The van der Waals surface area contributed by atoms with E-state index < -0.39 is 42.1 Å². The number of rotatable bonds is 8. The summed E-state index contributed by atoms with van der Waals surface area (Å²) in [5, 5.41) is 12.6. The third-order valence-corrected chi connectivity index (χ3v) is 8.03. The van der Waals surface area contributed by atoms with Gasteiger partial charge in [-0.05, 0) is 31.0 Å². The number of amides is 3. The van der Waals surface area contributed by atoms with E-state index >= 15 is 0 Å². The molecule has 4 atom stereocenters. The molecule has 0 aromatic heterocycles. The summed E-state index contributed by atoms with van der Waals surface area (Å²) in [4.78, 5) is 48.4. The van der Waals surface area contributed by atoms with Crippen LogP contribution in [0.3, 0.4) is 0 Å². The topological polar surface area (TPSA) is 121 Å². The number of carbonyl (C=O) groups excluding carboxylic acids is 2. The van der Waals surface area contributed by atoms with Crippen molar-refractivity contribution >= 4 is 25.3 Å². The van der Waals surface area contributed by atoms with E-state index in [1.165, 1.54) is 0 Å². The Morgan fingerprint density at radius 2 is 1.70 bits per heavy atom. The van der Waals surface area contributed by atoms with Crippen molar-refractivity contribution in [2.75, 3.05) is 18.9 Å². The van der Waals surface area contributed by atoms with E-state index in [9.17, 15) is 28.9 Å². The highest BCUT2D eigenvalue weighted by Gasteiger charge is 2.54. The summed E-state index contributed by atoms with van der Waals surface area (Å²) in [5.41, 5.74) is 1.28. The lowest BCUT2D eigenvalue weighted by Crippen LogP contribution is -2.59. The van der Waals surface area contributed by atoms with Crippen molar-refractivity contribution in [3.05, 3.63) is 71.8 Å². The van der Waals surface area contributed by atoms with Crippen LogP contribution in [0.1, 0.15) is 35.7 Å². The number of nitrogens with one attached hydrogen (secondary N) is 1. The van der Waals surface area contributed by atoms with E-state index in [2.05, 4.69) is 5.32 Å². The van der Waals surface area contributed by atoms with Crippen LogP contribution in [-0.2, 0) is 15.8 Å². The Hall–Kier alpha value is -2.80. The number of hydrogen-bond donors (Lipinski definition) is 3. The van der Waals surface area contributed by atoms with Gasteiger partial charge in [-0.15, -0.1) is 0 Å². The molecule has 2 aromatic carbocycles. The van der Waals surface area contributed by atoms with Crippen LogP contribution in [0.2, 0.25) is 0 Å². The minimum absolute atomic E-state index is 0.119. The molecule has 0 spiro atoms. The first-order chi connectivity index (χ1) is 15.6. The molecule has 8 nitrogen and oxygen atoms in total. The molecule has 1 fully saturated rings. The third kappa shape index (κ3) is 5.96. The van der Waals surface area contributed by atoms with Crippen molar-refractivity contribution in [2.45, 2.75) is 38.3 Å². The number of hydrogen-bond acceptors (Lipinski definition) is 4. The molecule has 1 saturated heterocycles. The molecule has 2 aromatic rings. The lowest BCUT2D eigenvalue weighted by atomic mass is 10.1. The molecule has 3 N–H and O–H groups in total. The van der Waals surface area contributed by atoms with Gasteiger partial charge in [-0.2, -0.15) is 9.28 Å². The summed E-state index contributed by atoms with van der Waals surface area (Å²) in [6.45, 7) is 1.80. The quantitative estimate of drug-likeness (QED) is 0.399. The first kappa shape index (κ1) is 24.8. The van der Waals surface area contributed by atoms with Crippen LogP contribution in [0.4, 0.5) is 4.79 Å². The highest BCUT2D eigenvalue weighted by Crippen LogP contribution is 2.43. The lowest BCUT2D eigenvalue weighted by molar-refractivity contribution is -0.791. The minimum Gasteiger partial charge on any atom is -0.435 e. The summed E-state index contributed by atoms with van der Waals surface area (Å²) in [5.74, 6) is -1.14. The normalized spacial score (nSPS) is 22.8. The number of carboxylic acid groups (broad SMARTS) is 1. The van der Waals surface area contributed by atoms with Gasteiger partial charge in [-0.25, -0.2) is 4.79 Å². The molecule has 3 amide bonds. The van der Waals surface area contributed by atoms with Gasteiger partial charge in [0.15, 0.2) is 0 Å². The van der Waals surface area contributed by atoms with Crippen LogP contribution < -0.4 is 5.32 Å². The van der Waals surface area contributed by atoms with Gasteiger partial charge in [-0.1, -0.05) is 48.5 Å². The average Bonchev–Trinajstić information content (AvgIpc) is 3.17. The number of likely N-dealkylation sites (tertiary alicyclic amines) is 1. The first-order valence-electron chi connectivity index (χ1n) is 11.0. The molecular weight excluding hydrogens is 443 g/mol. The van der Waals surface area contributed by atoms with E-state index in [0.29, 0.717) is 24.8 Å². The molecule has 3 unspecified atom stereocenters. The van der Waals surface area contributed by atoms with Crippen LogP contribution in [0.25, 0.3) is 0 Å². The molecule has 1 aliphatic heterocycles. The molecule has 1 aliphatic rings. The number of quaternary nitrogens is 1. The molecule has 176 valence electrons. The maximum Gasteiger partial charge on any atom is 0.521 e. The summed E-state index contributed by atoms with van der Waals surface area (Å²) in [6.07, 6.45) is -0.928. The zero-order valence-electron chi connectivity index (χ0n) is 18.6. The number of carbonyl (C=O) groups is 3. The van der Waals surface area contributed by atoms with Gasteiger partial charge >= 0.3 is 12.0 Å². The van der Waals surface area contributed by atoms with Crippen LogP contribution in [0.5, 0.6) is 0 Å². The highest BCUT2D eigenvalue weighted by atomic mass is 31.2. The Bertz CT molecular complexity index is 1050. The van der Waals surface area contributed by atoms with Crippen molar-refractivity contribution in [2.24, 2.45) is 0 Å². The van der Waals surface area contributed by atoms with E-state index in [1.54, 1.807) is 37.3 Å². The molecule has 0 saturated carbocycles. The van der Waals surface area contributed by atoms with Gasteiger partial charge in [0.2, 0.25) is 7.37 Å². The third-order valence-electron chi connectivity index (χ3n) is 6.26. The van der Waals surface area contributed by atoms with Gasteiger partial charge < -0.3 is 15.3 Å². The Labute approximate surface area is 193 Å². The maximum absolute atomic E-state index is 13.2. The van der Waals surface area contributed by atoms with E-state index in [-0.39, 0.29) is 18.6 Å². The highest BCUT2D eigenvalue weighted by molar-refractivity contribution is 7.59. The SMILES string of the molecule is C[C@@H]1CCC[N+]1(C(=O)O)C(=O)CP(=O)(O)CC(Cc1ccccc1)NC(=O)c1ccccc1. The molecule has 0 bridgehead atoms. The number of benzene rings is 2. The van der Waals surface area contributed by atoms with Gasteiger partial charge in [0, 0.05) is 30.6 Å². The number of nitrogens with zero attached hydrogens (tertiary/aromatic N) is 1. The number of imide groups is 1. The molecule has 33 heavy (non-hydrogen) atoms. The molecular formula is C24H30N2O6P+. The second-order valence-electron chi connectivity index (χ2n) is 8.67. The Balaban J connectivity index is 1.78. The monoisotopic (exact) mass is 473 g/mol. The van der Waals surface area contributed by atoms with Crippen molar-refractivity contribution in [1.29, 1.82) is 0 Å². The van der Waals surface area contributed by atoms with Crippen LogP contribution in [0, 0.1) is 0 Å². The summed E-state index contributed by atoms with van der Waals surface area (Å²) in [7, 11) is -4.09. The van der Waals surface area contributed by atoms with Crippen molar-refractivity contribution in [3.63, 3.8) is 0 Å².